The Morgan fingerprint density at radius 2 is 2.05 bits per heavy atom. The van der Waals surface area contributed by atoms with Crippen molar-refractivity contribution in [1.29, 1.82) is 0 Å². The lowest BCUT2D eigenvalue weighted by Crippen LogP contribution is -2.32. The third kappa shape index (κ3) is 3.96. The molecule has 4 nitrogen and oxygen atoms in total. The quantitative estimate of drug-likeness (QED) is 0.832. The number of hydrogen-bond donors (Lipinski definition) is 1. The Morgan fingerprint density at radius 3 is 2.53 bits per heavy atom. The van der Waals surface area contributed by atoms with Gasteiger partial charge in [-0.15, -0.1) is 0 Å². The van der Waals surface area contributed by atoms with Crippen LogP contribution in [-0.4, -0.2) is 24.8 Å². The van der Waals surface area contributed by atoms with E-state index in [2.05, 4.69) is 0 Å². The molecule has 1 unspecified atom stereocenters. The van der Waals surface area contributed by atoms with E-state index in [4.69, 9.17) is 9.47 Å². The van der Waals surface area contributed by atoms with Gasteiger partial charge in [0.2, 0.25) is 0 Å². The molecule has 1 aromatic rings. The number of rotatable bonds is 5. The first kappa shape index (κ1) is 15.5. The topological polar surface area (TPSA) is 55.8 Å². The molecule has 1 rings (SSSR count). The smallest absolute Gasteiger partial charge is 0.314 e. The van der Waals surface area contributed by atoms with Gasteiger partial charge in [0.1, 0.15) is 12.4 Å². The number of hydrogen-bond acceptors (Lipinski definition) is 4. The molecule has 0 aliphatic rings. The summed E-state index contributed by atoms with van der Waals surface area (Å²) < 4.78 is 10.4. The maximum absolute atomic E-state index is 11.5. The highest BCUT2D eigenvalue weighted by atomic mass is 16.5. The molecule has 0 saturated carbocycles. The van der Waals surface area contributed by atoms with Crippen molar-refractivity contribution in [3.63, 3.8) is 0 Å². The normalized spacial score (nSPS) is 12.9. The highest BCUT2D eigenvalue weighted by molar-refractivity contribution is 5.75. The van der Waals surface area contributed by atoms with Crippen LogP contribution >= 0.6 is 0 Å². The molecule has 0 aromatic heterocycles. The van der Waals surface area contributed by atoms with Crippen molar-refractivity contribution < 1.29 is 19.4 Å². The molecule has 0 saturated heterocycles. The second-order valence-electron chi connectivity index (χ2n) is 5.37. The molecule has 0 amide bonds. The standard InChI is InChI=1S/C15H22O4/c1-10-8-12(11(2)16)6-7-13(10)19-9-15(3,4)14(17)18-5/h6-8,11,16H,9H2,1-5H3. The van der Waals surface area contributed by atoms with Crippen molar-refractivity contribution in [2.45, 2.75) is 33.8 Å². The number of esters is 1. The molecule has 106 valence electrons. The molecule has 0 spiro atoms. The maximum Gasteiger partial charge on any atom is 0.314 e. The molecule has 19 heavy (non-hydrogen) atoms. The van der Waals surface area contributed by atoms with Gasteiger partial charge in [-0.25, -0.2) is 0 Å². The fraction of sp³-hybridized carbons (Fsp3) is 0.533. The number of benzene rings is 1. The van der Waals surface area contributed by atoms with Gasteiger partial charge in [0.05, 0.1) is 18.6 Å². The Bertz CT molecular complexity index is 449. The van der Waals surface area contributed by atoms with Gasteiger partial charge in [0.15, 0.2) is 0 Å². The van der Waals surface area contributed by atoms with Crippen LogP contribution in [0.2, 0.25) is 0 Å². The van der Waals surface area contributed by atoms with Crippen LogP contribution in [0.3, 0.4) is 0 Å². The first-order chi connectivity index (χ1) is 8.77. The van der Waals surface area contributed by atoms with Crippen molar-refractivity contribution in [3.8, 4) is 5.75 Å². The lowest BCUT2D eigenvalue weighted by Gasteiger charge is -2.22. The summed E-state index contributed by atoms with van der Waals surface area (Å²) >= 11 is 0. The first-order valence-electron chi connectivity index (χ1n) is 6.28. The summed E-state index contributed by atoms with van der Waals surface area (Å²) in [5, 5.41) is 9.50. The fourth-order valence-corrected chi connectivity index (χ4v) is 1.69. The van der Waals surface area contributed by atoms with Crippen molar-refractivity contribution in [2.24, 2.45) is 5.41 Å². The minimum absolute atomic E-state index is 0.245. The Kier molecular flexibility index (Phi) is 4.95. The van der Waals surface area contributed by atoms with Crippen LogP contribution in [0.15, 0.2) is 18.2 Å². The molecular formula is C15H22O4. The Morgan fingerprint density at radius 1 is 1.42 bits per heavy atom. The van der Waals surface area contributed by atoms with Crippen LogP contribution < -0.4 is 4.74 Å². The summed E-state index contributed by atoms with van der Waals surface area (Å²) in [5.41, 5.74) is 1.08. The third-order valence-electron chi connectivity index (χ3n) is 3.01. The second-order valence-corrected chi connectivity index (χ2v) is 5.37. The van der Waals surface area contributed by atoms with Gasteiger partial charge in [-0.2, -0.15) is 0 Å². The second kappa shape index (κ2) is 6.06. The van der Waals surface area contributed by atoms with Crippen LogP contribution in [0.4, 0.5) is 0 Å². The van der Waals surface area contributed by atoms with E-state index >= 15 is 0 Å². The van der Waals surface area contributed by atoms with Gasteiger partial charge < -0.3 is 14.6 Å². The van der Waals surface area contributed by atoms with Crippen molar-refractivity contribution in [1.82, 2.24) is 0 Å². The maximum atomic E-state index is 11.5. The van der Waals surface area contributed by atoms with Crippen molar-refractivity contribution in [2.75, 3.05) is 13.7 Å². The third-order valence-corrected chi connectivity index (χ3v) is 3.01. The zero-order valence-corrected chi connectivity index (χ0v) is 12.2. The van der Waals surface area contributed by atoms with E-state index < -0.39 is 11.5 Å². The first-order valence-corrected chi connectivity index (χ1v) is 6.28. The highest BCUT2D eigenvalue weighted by Gasteiger charge is 2.29. The summed E-state index contributed by atoms with van der Waals surface area (Å²) in [6.07, 6.45) is -0.501. The van der Waals surface area contributed by atoms with Crippen molar-refractivity contribution >= 4 is 5.97 Å². The molecule has 0 heterocycles. The van der Waals surface area contributed by atoms with E-state index in [1.54, 1.807) is 20.8 Å². The number of aryl methyl sites for hydroxylation is 1. The van der Waals surface area contributed by atoms with E-state index in [9.17, 15) is 9.90 Å². The fourth-order valence-electron chi connectivity index (χ4n) is 1.69. The molecule has 0 radical (unpaired) electrons. The molecule has 0 aliphatic heterocycles. The molecule has 0 aliphatic carbocycles. The minimum Gasteiger partial charge on any atom is -0.492 e. The summed E-state index contributed by atoms with van der Waals surface area (Å²) in [6.45, 7) is 7.42. The molecule has 4 heteroatoms. The van der Waals surface area contributed by atoms with Crippen molar-refractivity contribution in [3.05, 3.63) is 29.3 Å². The largest absolute Gasteiger partial charge is 0.492 e. The zero-order valence-electron chi connectivity index (χ0n) is 12.2. The van der Waals surface area contributed by atoms with E-state index in [0.29, 0.717) is 5.75 Å². The van der Waals surface area contributed by atoms with Crippen LogP contribution in [-0.2, 0) is 9.53 Å². The average Bonchev–Trinajstić information content (AvgIpc) is 2.36. The summed E-state index contributed by atoms with van der Waals surface area (Å²) in [7, 11) is 1.37. The number of carbonyl (C=O) groups is 1. The van der Waals surface area contributed by atoms with E-state index in [-0.39, 0.29) is 12.6 Å². The summed E-state index contributed by atoms with van der Waals surface area (Å²) in [5.74, 6) is 0.409. The van der Waals surface area contributed by atoms with E-state index in [0.717, 1.165) is 11.1 Å². The molecular weight excluding hydrogens is 244 g/mol. The number of methoxy groups -OCH3 is 1. The predicted octanol–water partition coefficient (Wildman–Crippen LogP) is 2.63. The molecule has 1 aromatic carbocycles. The minimum atomic E-state index is -0.690. The number of ether oxygens (including phenoxy) is 2. The molecule has 1 atom stereocenters. The predicted molar refractivity (Wildman–Crippen MR) is 73.1 cm³/mol. The lowest BCUT2D eigenvalue weighted by molar-refractivity contribution is -0.152. The van der Waals surface area contributed by atoms with Gasteiger partial charge in [-0.1, -0.05) is 6.07 Å². The summed E-state index contributed by atoms with van der Waals surface area (Å²) in [6, 6.07) is 5.51. The van der Waals surface area contributed by atoms with Gasteiger partial charge in [0.25, 0.3) is 0 Å². The van der Waals surface area contributed by atoms with Crippen LogP contribution in [0.25, 0.3) is 0 Å². The lowest BCUT2D eigenvalue weighted by atomic mass is 9.95. The molecule has 1 N–H and O–H groups in total. The molecule has 0 bridgehead atoms. The summed E-state index contributed by atoms with van der Waals surface area (Å²) in [4.78, 5) is 11.5. The van der Waals surface area contributed by atoms with Gasteiger partial charge in [-0.3, -0.25) is 4.79 Å². The molecule has 0 fully saturated rings. The number of aliphatic hydroxyl groups is 1. The van der Waals surface area contributed by atoms with Gasteiger partial charge in [0, 0.05) is 0 Å². The van der Waals surface area contributed by atoms with Gasteiger partial charge in [-0.05, 0) is 51.0 Å². The number of carbonyl (C=O) groups excluding carboxylic acids is 1. The average molecular weight is 266 g/mol. The number of aliphatic hydroxyl groups excluding tert-OH is 1. The zero-order chi connectivity index (χ0) is 14.6. The van der Waals surface area contributed by atoms with Crippen LogP contribution in [0.5, 0.6) is 5.75 Å². The Hall–Kier alpha value is -1.55. The van der Waals surface area contributed by atoms with Crippen LogP contribution in [0.1, 0.15) is 38.0 Å². The van der Waals surface area contributed by atoms with Crippen LogP contribution in [0, 0.1) is 12.3 Å². The highest BCUT2D eigenvalue weighted by Crippen LogP contribution is 2.25. The van der Waals surface area contributed by atoms with E-state index in [1.807, 2.05) is 25.1 Å². The van der Waals surface area contributed by atoms with Gasteiger partial charge >= 0.3 is 5.97 Å². The SMILES string of the molecule is COC(=O)C(C)(C)COc1ccc(C(C)O)cc1C. The Balaban J connectivity index is 2.76. The van der Waals surface area contributed by atoms with E-state index in [1.165, 1.54) is 7.11 Å². The Labute approximate surface area is 114 Å². The monoisotopic (exact) mass is 266 g/mol.